The van der Waals surface area contributed by atoms with Crippen molar-refractivity contribution >= 4 is 11.6 Å². The summed E-state index contributed by atoms with van der Waals surface area (Å²) in [5, 5.41) is 2.80. The van der Waals surface area contributed by atoms with Crippen molar-refractivity contribution in [1.82, 2.24) is 5.32 Å². The van der Waals surface area contributed by atoms with Gasteiger partial charge in [0, 0.05) is 11.6 Å². The summed E-state index contributed by atoms with van der Waals surface area (Å²) < 4.78 is 40.3. The van der Waals surface area contributed by atoms with Gasteiger partial charge in [-0.2, -0.15) is 0 Å². The van der Waals surface area contributed by atoms with E-state index in [0.717, 1.165) is 25.8 Å². The highest BCUT2D eigenvalue weighted by Crippen LogP contribution is 2.26. The van der Waals surface area contributed by atoms with Crippen LogP contribution in [-0.4, -0.2) is 12.6 Å². The van der Waals surface area contributed by atoms with Crippen LogP contribution in [0.15, 0.2) is 6.07 Å². The van der Waals surface area contributed by atoms with Gasteiger partial charge in [0.25, 0.3) is 0 Å². The SMILES string of the molecule is Fc1cc(Cl)c(F)c(CC2CCCCN2)c1F. The van der Waals surface area contributed by atoms with Gasteiger partial charge >= 0.3 is 0 Å². The van der Waals surface area contributed by atoms with Gasteiger partial charge in [-0.3, -0.25) is 0 Å². The molecular weight excluding hydrogens is 251 g/mol. The fourth-order valence-electron chi connectivity index (χ4n) is 2.15. The van der Waals surface area contributed by atoms with Crippen molar-refractivity contribution in [1.29, 1.82) is 0 Å². The summed E-state index contributed by atoms with van der Waals surface area (Å²) >= 11 is 5.51. The lowest BCUT2D eigenvalue weighted by atomic mass is 9.97. The molecule has 1 unspecified atom stereocenters. The Hall–Kier alpha value is -0.740. The quantitative estimate of drug-likeness (QED) is 0.806. The standard InChI is InChI=1S/C12H13ClF3N/c13-9-6-10(14)12(16)8(11(9)15)5-7-3-1-2-4-17-7/h6-7,17H,1-5H2. The molecule has 2 rings (SSSR count). The molecule has 1 fully saturated rings. The van der Waals surface area contributed by atoms with E-state index >= 15 is 0 Å². The number of hydrogen-bond donors (Lipinski definition) is 1. The molecule has 1 aliphatic heterocycles. The van der Waals surface area contributed by atoms with Crippen LogP contribution < -0.4 is 5.32 Å². The summed E-state index contributed by atoms with van der Waals surface area (Å²) in [6, 6.07) is 0.662. The molecule has 0 bridgehead atoms. The van der Waals surface area contributed by atoms with E-state index in [1.165, 1.54) is 0 Å². The van der Waals surface area contributed by atoms with E-state index in [1.54, 1.807) is 0 Å². The van der Waals surface area contributed by atoms with E-state index in [9.17, 15) is 13.2 Å². The lowest BCUT2D eigenvalue weighted by Gasteiger charge is -2.24. The van der Waals surface area contributed by atoms with Crippen LogP contribution in [0.1, 0.15) is 24.8 Å². The maximum atomic E-state index is 13.6. The van der Waals surface area contributed by atoms with Crippen molar-refractivity contribution < 1.29 is 13.2 Å². The molecule has 1 aromatic carbocycles. The van der Waals surface area contributed by atoms with Crippen LogP contribution in [0, 0.1) is 17.5 Å². The summed E-state index contributed by atoms with van der Waals surface area (Å²) in [7, 11) is 0. The Morgan fingerprint density at radius 2 is 2.00 bits per heavy atom. The second-order valence-corrected chi connectivity index (χ2v) is 4.70. The van der Waals surface area contributed by atoms with Gasteiger partial charge in [0.2, 0.25) is 0 Å². The largest absolute Gasteiger partial charge is 0.314 e. The lowest BCUT2D eigenvalue weighted by Crippen LogP contribution is -2.36. The topological polar surface area (TPSA) is 12.0 Å². The maximum Gasteiger partial charge on any atom is 0.165 e. The first-order chi connectivity index (χ1) is 8.09. The number of benzene rings is 1. The highest BCUT2D eigenvalue weighted by Gasteiger charge is 2.22. The van der Waals surface area contributed by atoms with Crippen LogP contribution in [0.2, 0.25) is 5.02 Å². The van der Waals surface area contributed by atoms with Crippen molar-refractivity contribution in [3.8, 4) is 0 Å². The van der Waals surface area contributed by atoms with E-state index < -0.39 is 17.5 Å². The van der Waals surface area contributed by atoms with E-state index in [-0.39, 0.29) is 23.0 Å². The predicted molar refractivity (Wildman–Crippen MR) is 60.7 cm³/mol. The van der Waals surface area contributed by atoms with Crippen LogP contribution >= 0.6 is 11.6 Å². The Bertz CT molecular complexity index is 390. The molecule has 1 heterocycles. The molecule has 0 amide bonds. The van der Waals surface area contributed by atoms with Crippen molar-refractivity contribution in [2.75, 3.05) is 6.54 Å². The molecule has 1 saturated heterocycles. The van der Waals surface area contributed by atoms with Gasteiger partial charge < -0.3 is 5.32 Å². The summed E-state index contributed by atoms with van der Waals surface area (Å²) in [6.45, 7) is 0.830. The van der Waals surface area contributed by atoms with Gasteiger partial charge in [-0.25, -0.2) is 13.2 Å². The summed E-state index contributed by atoms with van der Waals surface area (Å²) in [5.41, 5.74) is -0.255. The fourth-order valence-corrected chi connectivity index (χ4v) is 2.36. The minimum atomic E-state index is -1.13. The lowest BCUT2D eigenvalue weighted by molar-refractivity contribution is 0.385. The van der Waals surface area contributed by atoms with Crippen molar-refractivity contribution in [2.24, 2.45) is 0 Å². The Balaban J connectivity index is 2.24. The normalized spacial score (nSPS) is 20.6. The third-order valence-corrected chi connectivity index (χ3v) is 3.34. The number of halogens is 4. The van der Waals surface area contributed by atoms with Crippen molar-refractivity contribution in [2.45, 2.75) is 31.7 Å². The summed E-state index contributed by atoms with van der Waals surface area (Å²) in [6.07, 6.45) is 3.05. The second-order valence-electron chi connectivity index (χ2n) is 4.30. The monoisotopic (exact) mass is 263 g/mol. The molecule has 1 aliphatic rings. The van der Waals surface area contributed by atoms with Gasteiger partial charge in [-0.05, 0) is 31.9 Å². The molecule has 0 radical (unpaired) electrons. The minimum Gasteiger partial charge on any atom is -0.314 e. The Kier molecular flexibility index (Phi) is 3.94. The van der Waals surface area contributed by atoms with Crippen LogP contribution in [0.25, 0.3) is 0 Å². The molecule has 17 heavy (non-hydrogen) atoms. The summed E-state index contributed by atoms with van der Waals surface area (Å²) in [5.74, 6) is -3.07. The van der Waals surface area contributed by atoms with E-state index in [0.29, 0.717) is 6.07 Å². The van der Waals surface area contributed by atoms with Gasteiger partial charge in [-0.1, -0.05) is 18.0 Å². The minimum absolute atomic E-state index is 0.00869. The third-order valence-electron chi connectivity index (χ3n) is 3.07. The molecule has 94 valence electrons. The molecule has 1 nitrogen and oxygen atoms in total. The highest BCUT2D eigenvalue weighted by atomic mass is 35.5. The third kappa shape index (κ3) is 2.75. The van der Waals surface area contributed by atoms with Crippen molar-refractivity contribution in [3.63, 3.8) is 0 Å². The molecule has 0 aliphatic carbocycles. The Labute approximate surface area is 103 Å². The number of hydrogen-bond acceptors (Lipinski definition) is 1. The average molecular weight is 264 g/mol. The molecule has 1 N–H and O–H groups in total. The van der Waals surface area contributed by atoms with E-state index in [2.05, 4.69) is 5.32 Å². The zero-order valence-corrected chi connectivity index (χ0v) is 9.96. The molecule has 1 atom stereocenters. The molecule has 0 saturated carbocycles. The zero-order chi connectivity index (χ0) is 12.4. The zero-order valence-electron chi connectivity index (χ0n) is 9.20. The van der Waals surface area contributed by atoms with Gasteiger partial charge in [0.05, 0.1) is 5.02 Å². The molecule has 1 aromatic rings. The smallest absolute Gasteiger partial charge is 0.165 e. The first-order valence-corrected chi connectivity index (χ1v) is 6.02. The van der Waals surface area contributed by atoms with Gasteiger partial charge in [0.1, 0.15) is 5.82 Å². The molecule has 5 heteroatoms. The summed E-state index contributed by atoms with van der Waals surface area (Å²) in [4.78, 5) is 0. The molecule has 0 aromatic heterocycles. The average Bonchev–Trinajstić information content (AvgIpc) is 2.33. The van der Waals surface area contributed by atoms with Crippen LogP contribution in [0.5, 0.6) is 0 Å². The Morgan fingerprint density at radius 3 is 2.65 bits per heavy atom. The van der Waals surface area contributed by atoms with Crippen LogP contribution in [-0.2, 0) is 6.42 Å². The fraction of sp³-hybridized carbons (Fsp3) is 0.500. The second kappa shape index (κ2) is 5.27. The predicted octanol–water partition coefficient (Wildman–Crippen LogP) is 3.44. The first-order valence-electron chi connectivity index (χ1n) is 5.65. The maximum absolute atomic E-state index is 13.6. The number of rotatable bonds is 2. The van der Waals surface area contributed by atoms with Crippen molar-refractivity contribution in [3.05, 3.63) is 34.1 Å². The van der Waals surface area contributed by atoms with E-state index in [1.807, 2.05) is 0 Å². The highest BCUT2D eigenvalue weighted by molar-refractivity contribution is 6.30. The van der Waals surface area contributed by atoms with Crippen LogP contribution in [0.4, 0.5) is 13.2 Å². The Morgan fingerprint density at radius 1 is 1.24 bits per heavy atom. The molecule has 0 spiro atoms. The van der Waals surface area contributed by atoms with Gasteiger partial charge in [-0.15, -0.1) is 0 Å². The number of nitrogens with one attached hydrogen (secondary N) is 1. The van der Waals surface area contributed by atoms with E-state index in [4.69, 9.17) is 11.6 Å². The van der Waals surface area contributed by atoms with Gasteiger partial charge in [0.15, 0.2) is 11.6 Å². The van der Waals surface area contributed by atoms with Crippen LogP contribution in [0.3, 0.4) is 0 Å². The molecular formula is C12H13ClF3N. The number of piperidine rings is 1. The first kappa shape index (κ1) is 12.7.